The summed E-state index contributed by atoms with van der Waals surface area (Å²) in [7, 11) is 0. The summed E-state index contributed by atoms with van der Waals surface area (Å²) in [5.74, 6) is 0.414. The number of rotatable bonds is 7. The van der Waals surface area contributed by atoms with Crippen molar-refractivity contribution >= 4 is 5.91 Å². The molecule has 6 heteroatoms. The monoisotopic (exact) mass is 426 g/mol. The van der Waals surface area contributed by atoms with Gasteiger partial charge in [0.2, 0.25) is 0 Å². The van der Waals surface area contributed by atoms with Gasteiger partial charge >= 0.3 is 0 Å². The molecule has 166 valence electrons. The molecule has 2 heterocycles. The number of nitrogens with zero attached hydrogens (tertiary/aromatic N) is 1. The third kappa shape index (κ3) is 5.63. The van der Waals surface area contributed by atoms with Crippen LogP contribution in [0.15, 0.2) is 54.6 Å². The Balaban J connectivity index is 1.20. The van der Waals surface area contributed by atoms with Crippen LogP contribution in [-0.4, -0.2) is 48.3 Å². The van der Waals surface area contributed by atoms with Crippen LogP contribution < -0.4 is 10.1 Å². The van der Waals surface area contributed by atoms with Crippen molar-refractivity contribution in [1.29, 1.82) is 0 Å². The van der Waals surface area contributed by atoms with Crippen molar-refractivity contribution in [3.05, 3.63) is 66.0 Å². The lowest BCUT2D eigenvalue weighted by molar-refractivity contribution is -0.128. The first-order valence-electron chi connectivity index (χ1n) is 11.2. The van der Waals surface area contributed by atoms with E-state index < -0.39 is 6.10 Å². The van der Waals surface area contributed by atoms with E-state index in [2.05, 4.69) is 10.2 Å². The molecule has 1 N–H and O–H groups in total. The average Bonchev–Trinajstić information content (AvgIpc) is 3.18. The fraction of sp³-hybridized carbons (Fsp3) is 0.480. The Kier molecular flexibility index (Phi) is 6.88. The second kappa shape index (κ2) is 9.79. The van der Waals surface area contributed by atoms with E-state index in [-0.39, 0.29) is 23.4 Å². The van der Waals surface area contributed by atoms with Crippen molar-refractivity contribution < 1.29 is 18.7 Å². The first kappa shape index (κ1) is 21.8. The second-order valence-corrected chi connectivity index (χ2v) is 8.65. The van der Waals surface area contributed by atoms with Crippen LogP contribution in [0.5, 0.6) is 5.75 Å². The summed E-state index contributed by atoms with van der Waals surface area (Å²) in [4.78, 5) is 14.7. The number of piperidine rings is 1. The maximum absolute atomic E-state index is 13.9. The lowest BCUT2D eigenvalue weighted by Gasteiger charge is -2.39. The van der Waals surface area contributed by atoms with E-state index in [0.717, 1.165) is 44.3 Å². The Bertz CT molecular complexity index is 868. The van der Waals surface area contributed by atoms with Gasteiger partial charge in [0, 0.05) is 31.7 Å². The van der Waals surface area contributed by atoms with E-state index in [1.54, 1.807) is 13.0 Å². The number of hydrogen-bond donors (Lipinski definition) is 1. The van der Waals surface area contributed by atoms with Crippen LogP contribution in [0.1, 0.15) is 38.2 Å². The molecule has 2 aliphatic rings. The van der Waals surface area contributed by atoms with Gasteiger partial charge in [0.25, 0.3) is 5.91 Å². The van der Waals surface area contributed by atoms with Gasteiger partial charge in [0.05, 0.1) is 11.7 Å². The number of halogens is 1. The highest BCUT2D eigenvalue weighted by molar-refractivity contribution is 5.80. The van der Waals surface area contributed by atoms with Gasteiger partial charge in [0.15, 0.2) is 6.10 Å². The molecular formula is C25H31FN2O3. The number of benzene rings is 2. The molecule has 0 aliphatic carbocycles. The Morgan fingerprint density at radius 3 is 2.61 bits per heavy atom. The fourth-order valence-corrected chi connectivity index (χ4v) is 4.51. The minimum Gasteiger partial charge on any atom is -0.481 e. The molecule has 2 aromatic rings. The van der Waals surface area contributed by atoms with Crippen molar-refractivity contribution in [2.75, 3.05) is 19.6 Å². The molecule has 4 rings (SSSR count). The zero-order chi connectivity index (χ0) is 21.7. The first-order chi connectivity index (χ1) is 15.0. The van der Waals surface area contributed by atoms with Gasteiger partial charge in [-0.2, -0.15) is 0 Å². The van der Waals surface area contributed by atoms with Crippen molar-refractivity contribution in [3.63, 3.8) is 0 Å². The SMILES string of the molecule is C[C@@H](Oc1ccccc1)C(=O)NC[C@@H]1CCC2(CCN(Cc3ccccc3F)CC2)O1. The summed E-state index contributed by atoms with van der Waals surface area (Å²) in [6.45, 7) is 4.69. The molecule has 2 aromatic carbocycles. The van der Waals surface area contributed by atoms with Gasteiger partial charge in [-0.3, -0.25) is 9.69 Å². The predicted octanol–water partition coefficient (Wildman–Crippen LogP) is 3.92. The molecule has 5 nitrogen and oxygen atoms in total. The molecule has 0 radical (unpaired) electrons. The van der Waals surface area contributed by atoms with Gasteiger partial charge in [-0.05, 0) is 50.8 Å². The average molecular weight is 427 g/mol. The number of nitrogens with one attached hydrogen (secondary N) is 1. The zero-order valence-corrected chi connectivity index (χ0v) is 18.1. The Hall–Kier alpha value is -2.44. The van der Waals surface area contributed by atoms with Crippen LogP contribution in [0.2, 0.25) is 0 Å². The minimum absolute atomic E-state index is 0.0333. The summed E-state index contributed by atoms with van der Waals surface area (Å²) in [5, 5.41) is 2.97. The summed E-state index contributed by atoms with van der Waals surface area (Å²) >= 11 is 0. The molecule has 2 fully saturated rings. The van der Waals surface area contributed by atoms with E-state index in [9.17, 15) is 9.18 Å². The molecule has 2 aliphatic heterocycles. The molecule has 1 amide bonds. The molecule has 1 spiro atoms. The third-order valence-electron chi connectivity index (χ3n) is 6.39. The van der Waals surface area contributed by atoms with Gasteiger partial charge in [0.1, 0.15) is 11.6 Å². The highest BCUT2D eigenvalue weighted by atomic mass is 19.1. The number of para-hydroxylation sites is 1. The quantitative estimate of drug-likeness (QED) is 0.729. The van der Waals surface area contributed by atoms with Gasteiger partial charge in [-0.15, -0.1) is 0 Å². The van der Waals surface area contributed by atoms with Crippen LogP contribution in [0, 0.1) is 5.82 Å². The number of hydrogen-bond acceptors (Lipinski definition) is 4. The number of ether oxygens (including phenoxy) is 2. The highest BCUT2D eigenvalue weighted by Gasteiger charge is 2.42. The number of carbonyl (C=O) groups is 1. The molecular weight excluding hydrogens is 395 g/mol. The molecule has 2 saturated heterocycles. The van der Waals surface area contributed by atoms with Crippen molar-refractivity contribution in [3.8, 4) is 5.75 Å². The number of likely N-dealkylation sites (tertiary alicyclic amines) is 1. The predicted molar refractivity (Wildman–Crippen MR) is 117 cm³/mol. The maximum atomic E-state index is 13.9. The van der Waals surface area contributed by atoms with E-state index in [0.29, 0.717) is 18.8 Å². The summed E-state index contributed by atoms with van der Waals surface area (Å²) in [5.41, 5.74) is 0.644. The Morgan fingerprint density at radius 1 is 1.16 bits per heavy atom. The minimum atomic E-state index is -0.556. The van der Waals surface area contributed by atoms with E-state index in [4.69, 9.17) is 9.47 Å². The molecule has 31 heavy (non-hydrogen) atoms. The summed E-state index contributed by atoms with van der Waals surface area (Å²) in [6.07, 6.45) is 3.32. The normalized spacial score (nSPS) is 21.7. The summed E-state index contributed by atoms with van der Waals surface area (Å²) in [6, 6.07) is 16.3. The maximum Gasteiger partial charge on any atom is 0.260 e. The highest BCUT2D eigenvalue weighted by Crippen LogP contribution is 2.39. The summed E-state index contributed by atoms with van der Waals surface area (Å²) < 4.78 is 26.0. The third-order valence-corrected chi connectivity index (χ3v) is 6.39. The van der Waals surface area contributed by atoms with Crippen LogP contribution >= 0.6 is 0 Å². The van der Waals surface area contributed by atoms with Gasteiger partial charge < -0.3 is 14.8 Å². The van der Waals surface area contributed by atoms with Crippen LogP contribution in [-0.2, 0) is 16.1 Å². The van der Waals surface area contributed by atoms with Crippen molar-refractivity contribution in [1.82, 2.24) is 10.2 Å². The van der Waals surface area contributed by atoms with Crippen LogP contribution in [0.3, 0.4) is 0 Å². The lowest BCUT2D eigenvalue weighted by atomic mass is 9.88. The number of amides is 1. The zero-order valence-electron chi connectivity index (χ0n) is 18.1. The van der Waals surface area contributed by atoms with Crippen LogP contribution in [0.25, 0.3) is 0 Å². The standard InChI is InChI=1S/C25H31FN2O3/c1-19(30-21-8-3-2-4-9-21)24(29)27-17-22-11-12-25(31-22)13-15-28(16-14-25)18-20-7-5-6-10-23(20)26/h2-10,19,22H,11-18H2,1H3,(H,27,29)/t19-,22+/m1/s1. The Labute approximate surface area is 183 Å². The van der Waals surface area contributed by atoms with Crippen molar-refractivity contribution in [2.24, 2.45) is 0 Å². The fourth-order valence-electron chi connectivity index (χ4n) is 4.51. The van der Waals surface area contributed by atoms with E-state index >= 15 is 0 Å². The second-order valence-electron chi connectivity index (χ2n) is 8.65. The van der Waals surface area contributed by atoms with Gasteiger partial charge in [-0.25, -0.2) is 4.39 Å². The van der Waals surface area contributed by atoms with Gasteiger partial charge in [-0.1, -0.05) is 36.4 Å². The molecule has 0 unspecified atom stereocenters. The topological polar surface area (TPSA) is 50.8 Å². The lowest BCUT2D eigenvalue weighted by Crippen LogP contribution is -2.45. The first-order valence-corrected chi connectivity index (χ1v) is 11.2. The molecule has 0 saturated carbocycles. The van der Waals surface area contributed by atoms with E-state index in [1.165, 1.54) is 6.07 Å². The number of carbonyl (C=O) groups excluding carboxylic acids is 1. The van der Waals surface area contributed by atoms with E-state index in [1.807, 2.05) is 42.5 Å². The largest absolute Gasteiger partial charge is 0.481 e. The Morgan fingerprint density at radius 2 is 1.87 bits per heavy atom. The van der Waals surface area contributed by atoms with Crippen molar-refractivity contribution in [2.45, 2.75) is 57.0 Å². The molecule has 0 bridgehead atoms. The molecule has 0 aromatic heterocycles. The van der Waals surface area contributed by atoms with Crippen LogP contribution in [0.4, 0.5) is 4.39 Å². The smallest absolute Gasteiger partial charge is 0.260 e. The molecule has 2 atom stereocenters.